The molecule has 4 rings (SSSR count). The lowest BCUT2D eigenvalue weighted by atomic mass is 10.2. The zero-order chi connectivity index (χ0) is 22.1. The molecule has 0 saturated heterocycles. The molecule has 0 spiro atoms. The van der Waals surface area contributed by atoms with Crippen LogP contribution >= 0.6 is 35.0 Å². The van der Waals surface area contributed by atoms with Crippen LogP contribution < -0.4 is 10.2 Å². The van der Waals surface area contributed by atoms with E-state index in [1.54, 1.807) is 18.2 Å². The predicted octanol–water partition coefficient (Wildman–Crippen LogP) is 6.60. The SMILES string of the molecule is Cc1ccc(SC2=C(Nc3cccc(C)c3)C(=O)N(c3cccc(Cl)c3Cl)C2=O)cc1. The molecule has 7 heteroatoms. The van der Waals surface area contributed by atoms with Crippen LogP contribution in [0.2, 0.25) is 10.0 Å². The van der Waals surface area contributed by atoms with Gasteiger partial charge in [-0.3, -0.25) is 9.59 Å². The summed E-state index contributed by atoms with van der Waals surface area (Å²) in [7, 11) is 0. The Morgan fingerprint density at radius 2 is 1.55 bits per heavy atom. The molecule has 1 N–H and O–H groups in total. The number of aryl methyl sites for hydroxylation is 2. The van der Waals surface area contributed by atoms with Crippen molar-refractivity contribution in [2.75, 3.05) is 10.2 Å². The van der Waals surface area contributed by atoms with E-state index in [0.29, 0.717) is 4.91 Å². The van der Waals surface area contributed by atoms with Gasteiger partial charge in [0, 0.05) is 10.6 Å². The Balaban J connectivity index is 1.78. The molecule has 1 aliphatic rings. The molecule has 0 atom stereocenters. The molecular weight excluding hydrogens is 451 g/mol. The highest BCUT2D eigenvalue weighted by molar-refractivity contribution is 8.04. The van der Waals surface area contributed by atoms with Crippen LogP contribution in [0.1, 0.15) is 11.1 Å². The first-order valence-electron chi connectivity index (χ1n) is 9.50. The lowest BCUT2D eigenvalue weighted by Gasteiger charge is -2.17. The topological polar surface area (TPSA) is 49.4 Å². The Labute approximate surface area is 194 Å². The maximum absolute atomic E-state index is 13.4. The molecule has 0 saturated carbocycles. The highest BCUT2D eigenvalue weighted by atomic mass is 35.5. The van der Waals surface area contributed by atoms with E-state index in [1.165, 1.54) is 11.8 Å². The minimum absolute atomic E-state index is 0.155. The van der Waals surface area contributed by atoms with Gasteiger partial charge in [0.1, 0.15) is 10.6 Å². The van der Waals surface area contributed by atoms with Crippen LogP contribution in [0.3, 0.4) is 0 Å². The highest BCUT2D eigenvalue weighted by Crippen LogP contribution is 2.41. The monoisotopic (exact) mass is 468 g/mol. The number of benzene rings is 3. The van der Waals surface area contributed by atoms with Crippen molar-refractivity contribution in [1.82, 2.24) is 0 Å². The Morgan fingerprint density at radius 3 is 2.26 bits per heavy atom. The summed E-state index contributed by atoms with van der Waals surface area (Å²) in [5, 5.41) is 3.57. The Kier molecular flexibility index (Phi) is 6.10. The normalized spacial score (nSPS) is 13.9. The largest absolute Gasteiger partial charge is 0.350 e. The standard InChI is InChI=1S/C24H18Cl2N2O2S/c1-14-9-11-17(12-10-14)31-22-21(27-16-6-3-5-15(2)13-16)23(29)28(24(22)30)19-8-4-7-18(25)20(19)26/h3-13,27H,1-2H3. The minimum atomic E-state index is -0.481. The third-order valence-electron chi connectivity index (χ3n) is 4.74. The van der Waals surface area contributed by atoms with Crippen molar-refractivity contribution in [3.63, 3.8) is 0 Å². The van der Waals surface area contributed by atoms with Gasteiger partial charge in [0.05, 0.1) is 15.7 Å². The summed E-state index contributed by atoms with van der Waals surface area (Å²) in [4.78, 5) is 29.0. The van der Waals surface area contributed by atoms with Gasteiger partial charge >= 0.3 is 0 Å². The number of nitrogens with zero attached hydrogens (tertiary/aromatic N) is 1. The molecule has 0 bridgehead atoms. The number of carbonyl (C=O) groups is 2. The molecule has 1 heterocycles. The summed E-state index contributed by atoms with van der Waals surface area (Å²) in [5.74, 6) is -0.930. The summed E-state index contributed by atoms with van der Waals surface area (Å²) < 4.78 is 0. The molecule has 3 aromatic rings. The number of anilines is 2. The summed E-state index contributed by atoms with van der Waals surface area (Å²) in [6, 6.07) is 20.2. The zero-order valence-electron chi connectivity index (χ0n) is 16.8. The summed E-state index contributed by atoms with van der Waals surface area (Å²) in [6.45, 7) is 3.95. The van der Waals surface area contributed by atoms with Crippen LogP contribution in [0.15, 0.2) is 82.2 Å². The minimum Gasteiger partial charge on any atom is -0.350 e. The van der Waals surface area contributed by atoms with Crippen molar-refractivity contribution < 1.29 is 9.59 Å². The average molecular weight is 469 g/mol. The van der Waals surface area contributed by atoms with Crippen LogP contribution in [0.5, 0.6) is 0 Å². The third-order valence-corrected chi connectivity index (χ3v) is 6.64. The number of halogens is 2. The second-order valence-corrected chi connectivity index (χ2v) is 9.00. The lowest BCUT2D eigenvalue weighted by Crippen LogP contribution is -2.32. The van der Waals surface area contributed by atoms with Crippen molar-refractivity contribution in [2.45, 2.75) is 18.7 Å². The fourth-order valence-corrected chi connectivity index (χ4v) is 4.50. The smallest absolute Gasteiger partial charge is 0.283 e. The number of amides is 2. The lowest BCUT2D eigenvalue weighted by molar-refractivity contribution is -0.120. The molecule has 2 amide bonds. The molecule has 156 valence electrons. The summed E-state index contributed by atoms with van der Waals surface area (Å²) in [6.07, 6.45) is 0. The van der Waals surface area contributed by atoms with Gasteiger partial charge in [0.2, 0.25) is 0 Å². The summed E-state index contributed by atoms with van der Waals surface area (Å²) >= 11 is 13.7. The van der Waals surface area contributed by atoms with Gasteiger partial charge in [-0.1, -0.05) is 70.9 Å². The van der Waals surface area contributed by atoms with E-state index in [1.807, 2.05) is 62.4 Å². The van der Waals surface area contributed by atoms with Crippen molar-refractivity contribution in [3.05, 3.63) is 98.5 Å². The van der Waals surface area contributed by atoms with Gasteiger partial charge in [0.25, 0.3) is 11.8 Å². The molecule has 0 radical (unpaired) electrons. The molecule has 0 unspecified atom stereocenters. The average Bonchev–Trinajstić information content (AvgIpc) is 2.96. The van der Waals surface area contributed by atoms with Gasteiger partial charge in [-0.15, -0.1) is 0 Å². The van der Waals surface area contributed by atoms with Crippen LogP contribution in [0, 0.1) is 13.8 Å². The van der Waals surface area contributed by atoms with Gasteiger partial charge in [-0.2, -0.15) is 0 Å². The van der Waals surface area contributed by atoms with Crippen LogP contribution in [-0.2, 0) is 9.59 Å². The molecule has 0 aromatic heterocycles. The van der Waals surface area contributed by atoms with Gasteiger partial charge in [0.15, 0.2) is 0 Å². The molecule has 1 aliphatic heterocycles. The van der Waals surface area contributed by atoms with Crippen molar-refractivity contribution in [3.8, 4) is 0 Å². The maximum Gasteiger partial charge on any atom is 0.283 e. The first-order valence-corrected chi connectivity index (χ1v) is 11.1. The maximum atomic E-state index is 13.4. The van der Waals surface area contributed by atoms with Crippen molar-refractivity contribution in [2.24, 2.45) is 0 Å². The van der Waals surface area contributed by atoms with E-state index < -0.39 is 11.8 Å². The van der Waals surface area contributed by atoms with Gasteiger partial charge in [-0.05, 0) is 55.8 Å². The predicted molar refractivity (Wildman–Crippen MR) is 128 cm³/mol. The Morgan fingerprint density at radius 1 is 0.839 bits per heavy atom. The summed E-state index contributed by atoms with van der Waals surface area (Å²) in [5.41, 5.74) is 3.32. The Hall–Kier alpha value is -2.73. The zero-order valence-corrected chi connectivity index (χ0v) is 19.1. The second-order valence-electron chi connectivity index (χ2n) is 7.13. The second kappa shape index (κ2) is 8.79. The van der Waals surface area contributed by atoms with E-state index in [4.69, 9.17) is 23.2 Å². The van der Waals surface area contributed by atoms with Crippen LogP contribution in [0.4, 0.5) is 11.4 Å². The van der Waals surface area contributed by atoms with E-state index in [9.17, 15) is 9.59 Å². The van der Waals surface area contributed by atoms with Crippen LogP contribution in [0.25, 0.3) is 0 Å². The van der Waals surface area contributed by atoms with Crippen molar-refractivity contribution >= 4 is 58.2 Å². The quantitative estimate of drug-likeness (QED) is 0.428. The van der Waals surface area contributed by atoms with E-state index in [-0.39, 0.29) is 21.4 Å². The molecular formula is C24H18Cl2N2O2S. The number of hydrogen-bond acceptors (Lipinski definition) is 4. The molecule has 0 fully saturated rings. The van der Waals surface area contributed by atoms with E-state index in [2.05, 4.69) is 5.32 Å². The molecule has 0 aliphatic carbocycles. The highest BCUT2D eigenvalue weighted by Gasteiger charge is 2.41. The number of imide groups is 1. The van der Waals surface area contributed by atoms with E-state index in [0.717, 1.165) is 26.6 Å². The van der Waals surface area contributed by atoms with E-state index >= 15 is 0 Å². The third kappa shape index (κ3) is 4.35. The first-order chi connectivity index (χ1) is 14.8. The molecule has 4 nitrogen and oxygen atoms in total. The van der Waals surface area contributed by atoms with Crippen molar-refractivity contribution in [1.29, 1.82) is 0 Å². The Bertz CT molecular complexity index is 1220. The number of carbonyl (C=O) groups excluding carboxylic acids is 2. The molecule has 3 aromatic carbocycles. The fraction of sp³-hybridized carbons (Fsp3) is 0.0833. The number of hydrogen-bond donors (Lipinski definition) is 1. The number of thioether (sulfide) groups is 1. The van der Waals surface area contributed by atoms with Gasteiger partial charge < -0.3 is 5.32 Å². The molecule has 31 heavy (non-hydrogen) atoms. The van der Waals surface area contributed by atoms with Gasteiger partial charge in [-0.25, -0.2) is 4.90 Å². The number of nitrogens with one attached hydrogen (secondary N) is 1. The number of rotatable bonds is 5. The fourth-order valence-electron chi connectivity index (χ4n) is 3.19. The van der Waals surface area contributed by atoms with Crippen LogP contribution in [-0.4, -0.2) is 11.8 Å². The first kappa shape index (κ1) is 21.5.